The van der Waals surface area contributed by atoms with Crippen LogP contribution in [0.25, 0.3) is 33.1 Å². The van der Waals surface area contributed by atoms with Crippen LogP contribution in [0.15, 0.2) is 36.0 Å². The first-order chi connectivity index (χ1) is 15.0. The van der Waals surface area contributed by atoms with Gasteiger partial charge in [0.15, 0.2) is 18.6 Å². The molecule has 0 radical (unpaired) electrons. The van der Waals surface area contributed by atoms with Gasteiger partial charge in [0.05, 0.1) is 23.5 Å². The number of phenols is 2. The van der Waals surface area contributed by atoms with E-state index < -0.39 is 5.97 Å². The third-order valence-corrected chi connectivity index (χ3v) is 11.6. The van der Waals surface area contributed by atoms with Crippen LogP contribution < -0.4 is 29.6 Å². The van der Waals surface area contributed by atoms with Crippen LogP contribution in [0.4, 0.5) is 0 Å². The number of rotatable bonds is 2. The monoisotopic (exact) mass is 1090 g/mol. The van der Waals surface area contributed by atoms with Gasteiger partial charge in [-0.05, 0) is 156 Å². The van der Waals surface area contributed by atoms with Crippen molar-refractivity contribution < 1.29 is 54.1 Å². The molecule has 33 heavy (non-hydrogen) atoms. The molecule has 0 fully saturated rings. The maximum absolute atomic E-state index is 12.3. The quantitative estimate of drug-likeness (QED) is 0.0717. The minimum absolute atomic E-state index is 0. The van der Waals surface area contributed by atoms with E-state index >= 15 is 0 Å². The summed E-state index contributed by atoms with van der Waals surface area (Å²) >= 11 is 18.6. The van der Waals surface area contributed by atoms with E-state index in [1.807, 2.05) is 90.4 Å². The van der Waals surface area contributed by atoms with E-state index in [1.54, 1.807) is 18.2 Å². The van der Waals surface area contributed by atoms with Crippen molar-refractivity contribution in [2.75, 3.05) is 0 Å². The molecule has 0 spiro atoms. The minimum atomic E-state index is -1.10. The van der Waals surface area contributed by atoms with Gasteiger partial charge in [-0.15, -0.1) is 0 Å². The molecule has 1 aromatic heterocycles. The summed E-state index contributed by atoms with van der Waals surface area (Å²) in [5.41, 5.74) is 1.94. The Bertz CT molecular complexity index is 1440. The summed E-state index contributed by atoms with van der Waals surface area (Å²) in [6, 6.07) is 5.08. The molecule has 0 saturated heterocycles. The van der Waals surface area contributed by atoms with Crippen LogP contribution in [0.5, 0.6) is 11.5 Å². The summed E-state index contributed by atoms with van der Waals surface area (Å²) in [7, 11) is 0. The summed E-state index contributed by atoms with van der Waals surface area (Å²) < 4.78 is 10.2. The largest absolute Gasteiger partial charge is 1.00 e. The van der Waals surface area contributed by atoms with Crippen molar-refractivity contribution in [2.45, 2.75) is 0 Å². The number of aromatic carboxylic acids is 1. The van der Waals surface area contributed by atoms with E-state index in [1.165, 1.54) is 0 Å². The average molecular weight is 1100 g/mol. The molecule has 0 amide bonds. The number of hydrogen-bond acceptors (Lipinski definition) is 3. The Balaban J connectivity index is 0.00000306. The van der Waals surface area contributed by atoms with E-state index in [0.717, 1.165) is 0 Å². The zero-order valence-corrected chi connectivity index (χ0v) is 31.4. The molecule has 4 rings (SSSR count). The number of fused-ring (bicyclic) bond motifs is 2. The van der Waals surface area contributed by atoms with Gasteiger partial charge in [0, 0.05) is 24.5 Å². The van der Waals surface area contributed by atoms with Crippen LogP contribution in [-0.4, -0.2) is 21.3 Å². The third-order valence-electron chi connectivity index (χ3n) is 4.68. The molecule has 0 aliphatic heterocycles. The Morgan fingerprint density at radius 3 is 1.67 bits per heavy atom. The van der Waals surface area contributed by atoms with Crippen molar-refractivity contribution in [1.82, 2.24) is 0 Å². The molecular formula is C20H6Br3I4NaO5+2. The zero-order chi connectivity index (χ0) is 23.6. The molecule has 0 bridgehead atoms. The number of benzene rings is 3. The Morgan fingerprint density at radius 1 is 0.788 bits per heavy atom. The number of hydrogen-bond donors (Lipinski definition) is 3. The number of halogens is 7. The number of carbonyl (C=O) groups is 1. The molecule has 0 saturated carbocycles. The summed E-state index contributed by atoms with van der Waals surface area (Å²) in [6.45, 7) is 0. The van der Waals surface area contributed by atoms with E-state index in [0.29, 0.717) is 60.8 Å². The smallest absolute Gasteiger partial charge is 0.505 e. The minimum Gasteiger partial charge on any atom is -0.505 e. The second-order valence-electron chi connectivity index (χ2n) is 6.49. The molecule has 1 heterocycles. The molecule has 0 atom stereocenters. The number of carboxylic acid groups (broad SMARTS) is 1. The molecule has 5 nitrogen and oxygen atoms in total. The fraction of sp³-hybridized carbons (Fsp3) is 0. The molecule has 3 N–H and O–H groups in total. The van der Waals surface area contributed by atoms with Crippen LogP contribution in [-0.2, 0) is 0 Å². The molecule has 13 heteroatoms. The predicted molar refractivity (Wildman–Crippen MR) is 168 cm³/mol. The summed E-state index contributed by atoms with van der Waals surface area (Å²) in [5, 5.41) is 32.4. The first kappa shape index (κ1) is 29.3. The van der Waals surface area contributed by atoms with Gasteiger partial charge in [-0.2, -0.15) is 0 Å². The van der Waals surface area contributed by atoms with Gasteiger partial charge >= 0.3 is 46.7 Å². The Morgan fingerprint density at radius 2 is 1.24 bits per heavy atom. The Kier molecular flexibility index (Phi) is 9.99. The fourth-order valence-electron chi connectivity index (χ4n) is 3.28. The van der Waals surface area contributed by atoms with Crippen LogP contribution in [0.2, 0.25) is 0 Å². The average Bonchev–Trinajstić information content (AvgIpc) is 2.74. The van der Waals surface area contributed by atoms with Gasteiger partial charge in [-0.25, -0.2) is 9.21 Å². The van der Waals surface area contributed by atoms with Crippen molar-refractivity contribution in [3.05, 3.63) is 51.5 Å². The SMILES string of the molecule is O=C(O)c1cc(Br)c(Br)c(Br)c1-c1c2cc(I)c(O)c(I)c2[o+]c2c(I)c(O)c(I)cc12.[Na+]. The van der Waals surface area contributed by atoms with Gasteiger partial charge in [0.25, 0.3) is 0 Å². The molecule has 0 aliphatic rings. The van der Waals surface area contributed by atoms with Crippen molar-refractivity contribution in [1.29, 1.82) is 0 Å². The first-order valence-corrected chi connectivity index (χ1v) is 15.0. The Labute approximate surface area is 289 Å². The topological polar surface area (TPSA) is 89.1 Å². The Hall–Kier alpha value is 1.76. The molecule has 3 aromatic carbocycles. The molecule has 164 valence electrons. The van der Waals surface area contributed by atoms with Crippen molar-refractivity contribution >= 4 is 166 Å². The maximum atomic E-state index is 12.3. The van der Waals surface area contributed by atoms with Crippen LogP contribution in [0.3, 0.4) is 0 Å². The van der Waals surface area contributed by atoms with Gasteiger partial charge in [-0.3, -0.25) is 0 Å². The number of phenolic OH excluding ortho intramolecular Hbond substituents is 2. The van der Waals surface area contributed by atoms with Crippen molar-refractivity contribution in [2.24, 2.45) is 0 Å². The predicted octanol–water partition coefficient (Wildman–Crippen LogP) is 6.35. The second-order valence-corrected chi connectivity index (χ2v) is 13.4. The molecular weight excluding hydrogens is 1090 g/mol. The van der Waals surface area contributed by atoms with Crippen LogP contribution >= 0.6 is 138 Å². The van der Waals surface area contributed by atoms with Gasteiger partial charge in [0.2, 0.25) is 0 Å². The van der Waals surface area contributed by atoms with Gasteiger partial charge in [0.1, 0.15) is 0 Å². The number of carboxylic acids is 1. The summed E-state index contributed by atoms with van der Waals surface area (Å²) in [4.78, 5) is 12.3. The molecule has 0 aliphatic carbocycles. The normalized spacial score (nSPS) is 11.1. The first-order valence-electron chi connectivity index (χ1n) is 8.34. The molecule has 0 unspecified atom stereocenters. The van der Waals surface area contributed by atoms with Crippen LogP contribution in [0, 0.1) is 14.3 Å². The van der Waals surface area contributed by atoms with E-state index in [-0.39, 0.29) is 46.6 Å². The summed E-state index contributed by atoms with van der Waals surface area (Å²) in [5.74, 6) is -0.943. The number of aromatic hydroxyl groups is 2. The standard InChI is InChI=1S/C20H5Br3I4O5.Na/c21-7-1-6(20(30)31)11(13(23)12(7)22)10-4-2-8(24)16(28)14(26)18(4)32-19-5(10)3-9(25)17(29)15(19)27;/h1-3H,(H2-,28,29,30,31);/q;+1/p+1. The van der Waals surface area contributed by atoms with Gasteiger partial charge in [-0.1, -0.05) is 0 Å². The van der Waals surface area contributed by atoms with E-state index in [2.05, 4.69) is 47.8 Å². The van der Waals surface area contributed by atoms with Gasteiger partial charge < -0.3 is 15.3 Å². The van der Waals surface area contributed by atoms with Crippen molar-refractivity contribution in [3.8, 4) is 22.6 Å². The van der Waals surface area contributed by atoms with Crippen molar-refractivity contribution in [3.63, 3.8) is 0 Å². The second kappa shape index (κ2) is 11.2. The third kappa shape index (κ3) is 5.09. The van der Waals surface area contributed by atoms with Crippen LogP contribution in [0.1, 0.15) is 10.4 Å². The fourth-order valence-corrected chi connectivity index (χ4v) is 8.49. The van der Waals surface area contributed by atoms with E-state index in [9.17, 15) is 20.1 Å². The zero-order valence-electron chi connectivity index (χ0n) is 16.0. The summed E-state index contributed by atoms with van der Waals surface area (Å²) in [6.07, 6.45) is 0. The van der Waals surface area contributed by atoms with E-state index in [4.69, 9.17) is 4.42 Å². The maximum Gasteiger partial charge on any atom is 1.00 e. The molecule has 4 aromatic rings.